The minimum Gasteiger partial charge on any atom is -0.352 e. The quantitative estimate of drug-likeness (QED) is 0.787. The summed E-state index contributed by atoms with van der Waals surface area (Å²) in [7, 11) is 0. The lowest BCUT2D eigenvalue weighted by atomic mass is 9.84. The second-order valence-electron chi connectivity index (χ2n) is 5.73. The van der Waals surface area contributed by atoms with Crippen LogP contribution in [-0.4, -0.2) is 17.4 Å². The van der Waals surface area contributed by atoms with Crippen LogP contribution in [0.2, 0.25) is 0 Å². The molecule has 2 rings (SSSR count). The van der Waals surface area contributed by atoms with E-state index >= 15 is 0 Å². The first kappa shape index (κ1) is 16.9. The van der Waals surface area contributed by atoms with Crippen LogP contribution in [0.1, 0.15) is 30.1 Å². The van der Waals surface area contributed by atoms with Crippen LogP contribution in [0.4, 0.5) is 0 Å². The molecule has 0 aliphatic heterocycles. The van der Waals surface area contributed by atoms with Gasteiger partial charge in [0.1, 0.15) is 0 Å². The number of benzene rings is 1. The van der Waals surface area contributed by atoms with Gasteiger partial charge >= 0.3 is 0 Å². The van der Waals surface area contributed by atoms with Crippen molar-refractivity contribution in [1.29, 1.82) is 0 Å². The van der Waals surface area contributed by atoms with Crippen molar-refractivity contribution in [2.75, 3.05) is 6.54 Å². The molecule has 5 heteroatoms. The van der Waals surface area contributed by atoms with Gasteiger partial charge < -0.3 is 5.32 Å². The maximum absolute atomic E-state index is 11.9. The Balaban J connectivity index is 1.92. The molecule has 0 bridgehead atoms. The number of aromatic nitrogens is 1. The second kappa shape index (κ2) is 7.20. The van der Waals surface area contributed by atoms with E-state index in [2.05, 4.69) is 52.2 Å². The maximum Gasteiger partial charge on any atom is 0.244 e. The van der Waals surface area contributed by atoms with Crippen LogP contribution in [0.15, 0.2) is 40.2 Å². The summed E-state index contributed by atoms with van der Waals surface area (Å²) in [6.07, 6.45) is 3.28. The Labute approximate surface area is 143 Å². The standard InChI is InChI=1S/C17H19BrN2OS/c1-12-20-15(10-22-12)8-9-16(21)19-11-17(2,3)13-4-6-14(18)7-5-13/h4-10H,11H2,1-3H3,(H,19,21)/b9-8+. The van der Waals surface area contributed by atoms with E-state index in [4.69, 9.17) is 0 Å². The molecule has 1 amide bonds. The third-order valence-electron chi connectivity index (χ3n) is 3.37. The van der Waals surface area contributed by atoms with Gasteiger partial charge in [-0.2, -0.15) is 0 Å². The Kier molecular flexibility index (Phi) is 5.53. The Morgan fingerprint density at radius 3 is 2.64 bits per heavy atom. The zero-order valence-electron chi connectivity index (χ0n) is 12.9. The van der Waals surface area contributed by atoms with Gasteiger partial charge in [0.2, 0.25) is 5.91 Å². The van der Waals surface area contributed by atoms with E-state index in [-0.39, 0.29) is 11.3 Å². The molecule has 1 aromatic heterocycles. The number of amides is 1. The van der Waals surface area contributed by atoms with Crippen molar-refractivity contribution in [3.05, 3.63) is 56.5 Å². The van der Waals surface area contributed by atoms with Crippen LogP contribution in [0.25, 0.3) is 6.08 Å². The molecule has 22 heavy (non-hydrogen) atoms. The van der Waals surface area contributed by atoms with Crippen molar-refractivity contribution >= 4 is 39.2 Å². The number of nitrogens with zero attached hydrogens (tertiary/aromatic N) is 1. The number of carbonyl (C=O) groups excluding carboxylic acids is 1. The number of carbonyl (C=O) groups is 1. The average Bonchev–Trinajstić information content (AvgIpc) is 2.89. The van der Waals surface area contributed by atoms with Gasteiger partial charge in [0, 0.05) is 27.9 Å². The number of halogens is 1. The topological polar surface area (TPSA) is 42.0 Å². The van der Waals surface area contributed by atoms with Gasteiger partial charge in [0.05, 0.1) is 10.7 Å². The summed E-state index contributed by atoms with van der Waals surface area (Å²) in [5, 5.41) is 5.88. The molecule has 0 aliphatic carbocycles. The van der Waals surface area contributed by atoms with Crippen molar-refractivity contribution in [3.8, 4) is 0 Å². The molecule has 2 aromatic rings. The molecule has 0 saturated heterocycles. The number of aryl methyl sites for hydroxylation is 1. The fourth-order valence-electron chi connectivity index (χ4n) is 1.99. The largest absolute Gasteiger partial charge is 0.352 e. The van der Waals surface area contributed by atoms with Crippen LogP contribution < -0.4 is 5.32 Å². The minimum absolute atomic E-state index is 0.101. The van der Waals surface area contributed by atoms with Crippen molar-refractivity contribution in [2.24, 2.45) is 0 Å². The fraction of sp³-hybridized carbons (Fsp3) is 0.294. The molecule has 1 aromatic carbocycles. The monoisotopic (exact) mass is 378 g/mol. The van der Waals surface area contributed by atoms with Gasteiger partial charge in [-0.1, -0.05) is 41.9 Å². The molecular formula is C17H19BrN2OS. The van der Waals surface area contributed by atoms with E-state index in [0.29, 0.717) is 6.54 Å². The van der Waals surface area contributed by atoms with Crippen LogP contribution in [-0.2, 0) is 10.2 Å². The average molecular weight is 379 g/mol. The third kappa shape index (κ3) is 4.78. The number of hydrogen-bond acceptors (Lipinski definition) is 3. The third-order valence-corrected chi connectivity index (χ3v) is 4.69. The number of thiazole rings is 1. The van der Waals surface area contributed by atoms with E-state index in [1.54, 1.807) is 17.4 Å². The van der Waals surface area contributed by atoms with Crippen molar-refractivity contribution in [3.63, 3.8) is 0 Å². The van der Waals surface area contributed by atoms with Crippen molar-refractivity contribution in [2.45, 2.75) is 26.2 Å². The molecule has 0 radical (unpaired) electrons. The Morgan fingerprint density at radius 2 is 2.05 bits per heavy atom. The summed E-state index contributed by atoms with van der Waals surface area (Å²) in [6, 6.07) is 8.18. The van der Waals surface area contributed by atoms with E-state index < -0.39 is 0 Å². The summed E-state index contributed by atoms with van der Waals surface area (Å²) in [5.74, 6) is -0.101. The van der Waals surface area contributed by atoms with E-state index in [0.717, 1.165) is 15.2 Å². The first-order chi connectivity index (χ1) is 10.4. The number of nitrogens with one attached hydrogen (secondary N) is 1. The van der Waals surface area contributed by atoms with Crippen molar-refractivity contribution in [1.82, 2.24) is 10.3 Å². The van der Waals surface area contributed by atoms with E-state index in [1.807, 2.05) is 24.4 Å². The highest BCUT2D eigenvalue weighted by molar-refractivity contribution is 9.10. The zero-order chi connectivity index (χ0) is 16.2. The molecule has 0 unspecified atom stereocenters. The lowest BCUT2D eigenvalue weighted by Crippen LogP contribution is -2.35. The van der Waals surface area contributed by atoms with Gasteiger partial charge in [0.15, 0.2) is 0 Å². The molecule has 0 spiro atoms. The molecule has 3 nitrogen and oxygen atoms in total. The van der Waals surface area contributed by atoms with Gasteiger partial charge in [-0.25, -0.2) is 4.98 Å². The maximum atomic E-state index is 11.9. The predicted octanol–water partition coefficient (Wildman–Crippen LogP) is 4.32. The first-order valence-corrected chi connectivity index (χ1v) is 8.68. The highest BCUT2D eigenvalue weighted by atomic mass is 79.9. The van der Waals surface area contributed by atoms with Gasteiger partial charge in [0.25, 0.3) is 0 Å². The predicted molar refractivity (Wildman–Crippen MR) is 96.1 cm³/mol. The highest BCUT2D eigenvalue weighted by Gasteiger charge is 2.20. The smallest absolute Gasteiger partial charge is 0.244 e. The molecule has 1 N–H and O–H groups in total. The SMILES string of the molecule is Cc1nc(/C=C/C(=O)NCC(C)(C)c2ccc(Br)cc2)cs1. The second-order valence-corrected chi connectivity index (χ2v) is 7.71. The molecular weight excluding hydrogens is 360 g/mol. The van der Waals surface area contributed by atoms with Gasteiger partial charge in [-0.15, -0.1) is 11.3 Å². The van der Waals surface area contributed by atoms with Crippen LogP contribution >= 0.6 is 27.3 Å². The molecule has 0 saturated carbocycles. The van der Waals surface area contributed by atoms with Crippen molar-refractivity contribution < 1.29 is 4.79 Å². The molecule has 0 atom stereocenters. The zero-order valence-corrected chi connectivity index (χ0v) is 15.3. The summed E-state index contributed by atoms with van der Waals surface area (Å²) >= 11 is 5.01. The normalized spacial score (nSPS) is 11.8. The molecule has 0 fully saturated rings. The highest BCUT2D eigenvalue weighted by Crippen LogP contribution is 2.24. The molecule has 1 heterocycles. The van der Waals surface area contributed by atoms with Crippen LogP contribution in [0, 0.1) is 6.92 Å². The number of hydrogen-bond donors (Lipinski definition) is 1. The van der Waals surface area contributed by atoms with Gasteiger partial charge in [-0.05, 0) is 30.7 Å². The Morgan fingerprint density at radius 1 is 1.36 bits per heavy atom. The lowest BCUT2D eigenvalue weighted by Gasteiger charge is -2.25. The summed E-state index contributed by atoms with van der Waals surface area (Å²) in [6.45, 7) is 6.75. The van der Waals surface area contributed by atoms with E-state index in [9.17, 15) is 4.79 Å². The lowest BCUT2D eigenvalue weighted by molar-refractivity contribution is -0.116. The summed E-state index contributed by atoms with van der Waals surface area (Å²) in [5.41, 5.74) is 1.89. The van der Waals surface area contributed by atoms with Gasteiger partial charge in [-0.3, -0.25) is 4.79 Å². The fourth-order valence-corrected chi connectivity index (χ4v) is 2.83. The minimum atomic E-state index is -0.124. The summed E-state index contributed by atoms with van der Waals surface area (Å²) in [4.78, 5) is 16.2. The molecule has 0 aliphatic rings. The van der Waals surface area contributed by atoms with Crippen LogP contribution in [0.3, 0.4) is 0 Å². The molecule has 116 valence electrons. The Bertz CT molecular complexity index is 674. The first-order valence-electron chi connectivity index (χ1n) is 7.01. The van der Waals surface area contributed by atoms with E-state index in [1.165, 1.54) is 11.6 Å². The van der Waals surface area contributed by atoms with Crippen LogP contribution in [0.5, 0.6) is 0 Å². The Hall–Kier alpha value is -1.46. The summed E-state index contributed by atoms with van der Waals surface area (Å²) < 4.78 is 1.05. The number of rotatable bonds is 5.